The third kappa shape index (κ3) is 3.76. The average Bonchev–Trinajstić information content (AvgIpc) is 3.09. The average molecular weight is 385 g/mol. The normalized spacial score (nSPS) is 15.1. The van der Waals surface area contributed by atoms with Crippen molar-refractivity contribution < 1.29 is 9.59 Å². The first-order valence-electron chi connectivity index (χ1n) is 9.72. The predicted molar refractivity (Wildman–Crippen MR) is 113 cm³/mol. The van der Waals surface area contributed by atoms with Crippen molar-refractivity contribution in [2.24, 2.45) is 0 Å². The molecule has 0 spiro atoms. The Morgan fingerprint density at radius 1 is 0.966 bits per heavy atom. The number of para-hydroxylation sites is 1. The van der Waals surface area contributed by atoms with Crippen LogP contribution in [0, 0.1) is 0 Å². The molecule has 0 fully saturated rings. The summed E-state index contributed by atoms with van der Waals surface area (Å²) in [4.78, 5) is 33.8. The number of carbonyl (C=O) groups excluding carboxylic acids is 2. The lowest BCUT2D eigenvalue weighted by Gasteiger charge is -2.23. The summed E-state index contributed by atoms with van der Waals surface area (Å²) in [6.07, 6.45) is 0.820. The van der Waals surface area contributed by atoms with E-state index in [4.69, 9.17) is 0 Å². The number of rotatable bonds is 4. The first-order chi connectivity index (χ1) is 14.0. The first-order valence-corrected chi connectivity index (χ1v) is 9.72. The van der Waals surface area contributed by atoms with Gasteiger partial charge in [0.1, 0.15) is 11.4 Å². The molecule has 2 amide bonds. The van der Waals surface area contributed by atoms with E-state index in [0.717, 1.165) is 23.2 Å². The minimum Gasteiger partial charge on any atom is -0.336 e. The SMILES string of the molecule is CC1Cc2ccccc2N1C(=O)c1cccc(C(=O)N(C)Cc2ccccc2)n1. The van der Waals surface area contributed by atoms with Crippen LogP contribution in [0.4, 0.5) is 5.69 Å². The van der Waals surface area contributed by atoms with Gasteiger partial charge < -0.3 is 9.80 Å². The molecule has 3 aromatic rings. The topological polar surface area (TPSA) is 53.5 Å². The number of anilines is 1. The minimum absolute atomic E-state index is 0.0572. The number of nitrogens with zero attached hydrogens (tertiary/aromatic N) is 3. The van der Waals surface area contributed by atoms with Crippen molar-refractivity contribution in [3.05, 3.63) is 95.3 Å². The van der Waals surface area contributed by atoms with Crippen LogP contribution in [0.15, 0.2) is 72.8 Å². The quantitative estimate of drug-likeness (QED) is 0.683. The standard InChI is InChI=1S/C24H23N3O2/c1-17-15-19-11-6-7-14-22(19)27(17)24(29)21-13-8-12-20(25-21)23(28)26(2)16-18-9-4-3-5-10-18/h3-14,17H,15-16H2,1-2H3. The molecule has 1 unspecified atom stereocenters. The molecule has 4 rings (SSSR count). The number of fused-ring (bicyclic) bond motifs is 1. The highest BCUT2D eigenvalue weighted by Gasteiger charge is 2.32. The van der Waals surface area contributed by atoms with Crippen LogP contribution in [0.25, 0.3) is 0 Å². The molecular formula is C24H23N3O2. The number of benzene rings is 2. The third-order valence-electron chi connectivity index (χ3n) is 5.22. The van der Waals surface area contributed by atoms with Crippen LogP contribution in [0.3, 0.4) is 0 Å². The Hall–Kier alpha value is -3.47. The largest absolute Gasteiger partial charge is 0.336 e. The van der Waals surface area contributed by atoms with Crippen molar-refractivity contribution in [3.8, 4) is 0 Å². The lowest BCUT2D eigenvalue weighted by Crippen LogP contribution is -2.36. The maximum atomic E-state index is 13.2. The summed E-state index contributed by atoms with van der Waals surface area (Å²) in [7, 11) is 1.74. The van der Waals surface area contributed by atoms with Gasteiger partial charge in [-0.05, 0) is 42.7 Å². The monoisotopic (exact) mass is 385 g/mol. The lowest BCUT2D eigenvalue weighted by atomic mass is 10.1. The fraction of sp³-hybridized carbons (Fsp3) is 0.208. The van der Waals surface area contributed by atoms with E-state index in [1.54, 1.807) is 35.0 Å². The zero-order chi connectivity index (χ0) is 20.4. The van der Waals surface area contributed by atoms with E-state index in [1.807, 2.05) is 61.5 Å². The van der Waals surface area contributed by atoms with Gasteiger partial charge in [-0.15, -0.1) is 0 Å². The number of aromatic nitrogens is 1. The van der Waals surface area contributed by atoms with Gasteiger partial charge in [-0.3, -0.25) is 9.59 Å². The summed E-state index contributed by atoms with van der Waals surface area (Å²) < 4.78 is 0. The summed E-state index contributed by atoms with van der Waals surface area (Å²) >= 11 is 0. The summed E-state index contributed by atoms with van der Waals surface area (Å²) in [5.41, 5.74) is 3.67. The Bertz CT molecular complexity index is 1050. The van der Waals surface area contributed by atoms with Crippen LogP contribution in [-0.2, 0) is 13.0 Å². The maximum Gasteiger partial charge on any atom is 0.277 e. The van der Waals surface area contributed by atoms with E-state index in [0.29, 0.717) is 6.54 Å². The van der Waals surface area contributed by atoms with Crippen molar-refractivity contribution in [3.63, 3.8) is 0 Å². The third-order valence-corrected chi connectivity index (χ3v) is 5.22. The Morgan fingerprint density at radius 3 is 2.45 bits per heavy atom. The highest BCUT2D eigenvalue weighted by Crippen LogP contribution is 2.32. The number of hydrogen-bond acceptors (Lipinski definition) is 3. The maximum absolute atomic E-state index is 13.2. The second-order valence-electron chi connectivity index (χ2n) is 7.41. The first kappa shape index (κ1) is 18.9. The molecular weight excluding hydrogens is 362 g/mol. The summed E-state index contributed by atoms with van der Waals surface area (Å²) in [6.45, 7) is 2.51. The van der Waals surface area contributed by atoms with E-state index in [1.165, 1.54) is 0 Å². The molecule has 146 valence electrons. The Morgan fingerprint density at radius 2 is 1.66 bits per heavy atom. The molecule has 29 heavy (non-hydrogen) atoms. The van der Waals surface area contributed by atoms with Gasteiger partial charge in [0.2, 0.25) is 0 Å². The van der Waals surface area contributed by atoms with Gasteiger partial charge in [-0.1, -0.05) is 54.6 Å². The van der Waals surface area contributed by atoms with Crippen molar-refractivity contribution in [1.29, 1.82) is 0 Å². The Kier molecular flexibility index (Phi) is 5.12. The van der Waals surface area contributed by atoms with Crippen LogP contribution in [0.2, 0.25) is 0 Å². The molecule has 1 atom stereocenters. The van der Waals surface area contributed by atoms with Gasteiger partial charge in [0, 0.05) is 25.3 Å². The van der Waals surface area contributed by atoms with E-state index >= 15 is 0 Å². The van der Waals surface area contributed by atoms with E-state index in [9.17, 15) is 9.59 Å². The lowest BCUT2D eigenvalue weighted by molar-refractivity contribution is 0.0779. The summed E-state index contributed by atoms with van der Waals surface area (Å²) in [6, 6.07) is 22.8. The van der Waals surface area contributed by atoms with Crippen LogP contribution < -0.4 is 4.90 Å². The molecule has 2 aromatic carbocycles. The van der Waals surface area contributed by atoms with Crippen LogP contribution in [-0.4, -0.2) is 34.8 Å². The summed E-state index contributed by atoms with van der Waals surface area (Å²) in [5.74, 6) is -0.388. The molecule has 2 heterocycles. The molecule has 0 bridgehead atoms. The second kappa shape index (κ2) is 7.87. The molecule has 1 aliphatic rings. The Labute approximate surface area is 170 Å². The van der Waals surface area contributed by atoms with Crippen molar-refractivity contribution in [2.45, 2.75) is 25.9 Å². The molecule has 5 heteroatoms. The van der Waals surface area contributed by atoms with Gasteiger partial charge in [0.15, 0.2) is 0 Å². The number of pyridine rings is 1. The second-order valence-corrected chi connectivity index (χ2v) is 7.41. The van der Waals surface area contributed by atoms with Gasteiger partial charge in [0.25, 0.3) is 11.8 Å². The van der Waals surface area contributed by atoms with Crippen molar-refractivity contribution in [1.82, 2.24) is 9.88 Å². The molecule has 0 radical (unpaired) electrons. The highest BCUT2D eigenvalue weighted by atomic mass is 16.2. The minimum atomic E-state index is -0.210. The molecule has 5 nitrogen and oxygen atoms in total. The molecule has 0 N–H and O–H groups in total. The van der Waals surface area contributed by atoms with E-state index in [-0.39, 0.29) is 29.2 Å². The smallest absolute Gasteiger partial charge is 0.277 e. The molecule has 1 aromatic heterocycles. The van der Waals surface area contributed by atoms with Gasteiger partial charge in [0.05, 0.1) is 0 Å². The van der Waals surface area contributed by atoms with Gasteiger partial charge in [-0.25, -0.2) is 4.98 Å². The molecule has 0 saturated carbocycles. The fourth-order valence-corrected chi connectivity index (χ4v) is 3.80. The zero-order valence-electron chi connectivity index (χ0n) is 16.6. The van der Waals surface area contributed by atoms with Gasteiger partial charge >= 0.3 is 0 Å². The molecule has 0 aliphatic carbocycles. The van der Waals surface area contributed by atoms with Crippen molar-refractivity contribution in [2.75, 3.05) is 11.9 Å². The van der Waals surface area contributed by atoms with Crippen LogP contribution >= 0.6 is 0 Å². The molecule has 0 saturated heterocycles. The Balaban J connectivity index is 1.56. The fourth-order valence-electron chi connectivity index (χ4n) is 3.80. The van der Waals surface area contributed by atoms with Crippen LogP contribution in [0.1, 0.15) is 39.0 Å². The highest BCUT2D eigenvalue weighted by molar-refractivity contribution is 6.07. The van der Waals surface area contributed by atoms with Crippen LogP contribution in [0.5, 0.6) is 0 Å². The van der Waals surface area contributed by atoms with E-state index < -0.39 is 0 Å². The molecule has 1 aliphatic heterocycles. The van der Waals surface area contributed by atoms with E-state index in [2.05, 4.69) is 4.98 Å². The number of hydrogen-bond donors (Lipinski definition) is 0. The number of amides is 2. The van der Waals surface area contributed by atoms with Crippen molar-refractivity contribution >= 4 is 17.5 Å². The predicted octanol–water partition coefficient (Wildman–Crippen LogP) is 3.95. The summed E-state index contributed by atoms with van der Waals surface area (Å²) in [5, 5.41) is 0. The van der Waals surface area contributed by atoms with Gasteiger partial charge in [-0.2, -0.15) is 0 Å². The zero-order valence-corrected chi connectivity index (χ0v) is 16.6. The number of carbonyl (C=O) groups is 2.